The maximum absolute atomic E-state index is 13.2. The smallest absolute Gasteiger partial charge is 0.319 e. The fourth-order valence-corrected chi connectivity index (χ4v) is 1.91. The van der Waals surface area contributed by atoms with Crippen LogP contribution in [0.1, 0.15) is 20.3 Å². The molecular formula is C15H21F3N2O3. The van der Waals surface area contributed by atoms with Crippen LogP contribution in [0, 0.1) is 11.7 Å². The van der Waals surface area contributed by atoms with Gasteiger partial charge in [-0.3, -0.25) is 0 Å². The molecule has 0 fully saturated rings. The minimum atomic E-state index is -2.71. The van der Waals surface area contributed by atoms with Gasteiger partial charge in [0.1, 0.15) is 18.2 Å². The van der Waals surface area contributed by atoms with Crippen molar-refractivity contribution in [1.29, 1.82) is 0 Å². The Kier molecular flexibility index (Phi) is 7.67. The largest absolute Gasteiger partial charge is 0.485 e. The summed E-state index contributed by atoms with van der Waals surface area (Å²) >= 11 is 0. The van der Waals surface area contributed by atoms with Gasteiger partial charge in [0, 0.05) is 18.7 Å². The molecule has 0 saturated heterocycles. The number of aliphatic hydroxyl groups excluding tert-OH is 1. The van der Waals surface area contributed by atoms with Gasteiger partial charge in [0.05, 0.1) is 5.69 Å². The number of amides is 2. The highest BCUT2D eigenvalue weighted by Crippen LogP contribution is 2.26. The molecule has 0 aromatic heterocycles. The van der Waals surface area contributed by atoms with Gasteiger partial charge in [-0.25, -0.2) is 18.0 Å². The Hall–Kier alpha value is -1.96. The van der Waals surface area contributed by atoms with Crippen LogP contribution >= 0.6 is 0 Å². The molecule has 0 radical (unpaired) electrons. The molecule has 1 aromatic carbocycles. The highest BCUT2D eigenvalue weighted by molar-refractivity contribution is 5.91. The van der Waals surface area contributed by atoms with Crippen LogP contribution in [-0.2, 0) is 0 Å². The number of alkyl halides is 2. The van der Waals surface area contributed by atoms with Crippen molar-refractivity contribution in [2.75, 3.05) is 18.5 Å². The number of carbonyl (C=O) groups is 1. The molecule has 0 saturated carbocycles. The lowest BCUT2D eigenvalue weighted by Gasteiger charge is -2.22. The number of ether oxygens (including phenoxy) is 1. The molecule has 1 atom stereocenters. The summed E-state index contributed by atoms with van der Waals surface area (Å²) in [4.78, 5) is 12.0. The second-order valence-corrected chi connectivity index (χ2v) is 5.30. The molecule has 0 aliphatic rings. The van der Waals surface area contributed by atoms with Crippen molar-refractivity contribution in [3.05, 3.63) is 24.0 Å². The lowest BCUT2D eigenvalue weighted by atomic mass is 10.0. The predicted molar refractivity (Wildman–Crippen MR) is 80.4 cm³/mol. The van der Waals surface area contributed by atoms with Gasteiger partial charge in [0.2, 0.25) is 0 Å². The Morgan fingerprint density at radius 2 is 2.04 bits per heavy atom. The monoisotopic (exact) mass is 334 g/mol. The number of benzene rings is 1. The van der Waals surface area contributed by atoms with Crippen molar-refractivity contribution in [2.45, 2.75) is 32.7 Å². The van der Waals surface area contributed by atoms with E-state index in [1.165, 1.54) is 6.07 Å². The third-order valence-corrected chi connectivity index (χ3v) is 3.12. The van der Waals surface area contributed by atoms with E-state index in [0.717, 1.165) is 12.1 Å². The molecule has 0 aliphatic carbocycles. The topological polar surface area (TPSA) is 70.6 Å². The van der Waals surface area contributed by atoms with E-state index in [9.17, 15) is 18.0 Å². The first kappa shape index (κ1) is 19.1. The number of halogens is 3. The van der Waals surface area contributed by atoms with Gasteiger partial charge >= 0.3 is 6.03 Å². The molecule has 1 rings (SSSR count). The number of anilines is 1. The number of carbonyl (C=O) groups excluding carboxylic acids is 1. The standard InChI is InChI=1S/C15H21F3N2O3/c1-9(2)11(5-6-21)19-15(22)20-12-4-3-10(16)7-13(12)23-8-14(17)18/h3-4,7,9,11,14,21H,5-6,8H2,1-2H3,(H2,19,20,22). The fourth-order valence-electron chi connectivity index (χ4n) is 1.91. The van der Waals surface area contributed by atoms with Crippen LogP contribution in [0.2, 0.25) is 0 Å². The number of urea groups is 1. The van der Waals surface area contributed by atoms with E-state index < -0.39 is 24.9 Å². The molecule has 23 heavy (non-hydrogen) atoms. The molecule has 3 N–H and O–H groups in total. The van der Waals surface area contributed by atoms with Gasteiger partial charge in [0.15, 0.2) is 0 Å². The first-order valence-electron chi connectivity index (χ1n) is 7.22. The van der Waals surface area contributed by atoms with Crippen LogP contribution in [0.15, 0.2) is 18.2 Å². The molecule has 0 bridgehead atoms. The Morgan fingerprint density at radius 3 is 2.61 bits per heavy atom. The van der Waals surface area contributed by atoms with Crippen molar-refractivity contribution in [3.63, 3.8) is 0 Å². The molecule has 8 heteroatoms. The van der Waals surface area contributed by atoms with E-state index in [4.69, 9.17) is 9.84 Å². The lowest BCUT2D eigenvalue weighted by Crippen LogP contribution is -2.41. The summed E-state index contributed by atoms with van der Waals surface area (Å²) in [6.07, 6.45) is -2.33. The average Bonchev–Trinajstić information content (AvgIpc) is 2.46. The SMILES string of the molecule is CC(C)C(CCO)NC(=O)Nc1ccc(F)cc1OCC(F)F. The van der Waals surface area contributed by atoms with E-state index >= 15 is 0 Å². The minimum absolute atomic E-state index is 0.0797. The summed E-state index contributed by atoms with van der Waals surface area (Å²) in [6, 6.07) is 2.38. The third-order valence-electron chi connectivity index (χ3n) is 3.12. The van der Waals surface area contributed by atoms with Crippen molar-refractivity contribution >= 4 is 11.7 Å². The van der Waals surface area contributed by atoms with Crippen molar-refractivity contribution in [1.82, 2.24) is 5.32 Å². The highest BCUT2D eigenvalue weighted by Gasteiger charge is 2.17. The van der Waals surface area contributed by atoms with Crippen LogP contribution in [0.5, 0.6) is 5.75 Å². The number of hydrogen-bond acceptors (Lipinski definition) is 3. The van der Waals surface area contributed by atoms with Crippen LogP contribution in [0.4, 0.5) is 23.7 Å². The number of nitrogens with one attached hydrogen (secondary N) is 2. The molecule has 1 unspecified atom stereocenters. The summed E-state index contributed by atoms with van der Waals surface area (Å²) in [5.41, 5.74) is 0.0797. The molecular weight excluding hydrogens is 313 g/mol. The third kappa shape index (κ3) is 6.77. The normalized spacial score (nSPS) is 12.3. The van der Waals surface area contributed by atoms with Crippen molar-refractivity contribution < 1.29 is 27.8 Å². The molecule has 2 amide bonds. The summed E-state index contributed by atoms with van der Waals surface area (Å²) in [6.45, 7) is 2.78. The zero-order valence-corrected chi connectivity index (χ0v) is 13.0. The van der Waals surface area contributed by atoms with Gasteiger partial charge in [-0.2, -0.15) is 0 Å². The zero-order valence-electron chi connectivity index (χ0n) is 13.0. The maximum Gasteiger partial charge on any atom is 0.319 e. The van der Waals surface area contributed by atoms with E-state index in [1.807, 2.05) is 13.8 Å². The van der Waals surface area contributed by atoms with Gasteiger partial charge < -0.3 is 20.5 Å². The maximum atomic E-state index is 13.2. The number of hydrogen-bond donors (Lipinski definition) is 3. The molecule has 1 aromatic rings. The van der Waals surface area contributed by atoms with Crippen LogP contribution in [0.25, 0.3) is 0 Å². The van der Waals surface area contributed by atoms with E-state index in [1.54, 1.807) is 0 Å². The molecule has 0 spiro atoms. The van der Waals surface area contributed by atoms with Gasteiger partial charge in [-0.05, 0) is 24.5 Å². The Labute approximate surface area is 132 Å². The van der Waals surface area contributed by atoms with E-state index in [-0.39, 0.29) is 30.0 Å². The minimum Gasteiger partial charge on any atom is -0.485 e. The summed E-state index contributed by atoms with van der Waals surface area (Å²) in [5.74, 6) is -0.750. The zero-order chi connectivity index (χ0) is 17.4. The second kappa shape index (κ2) is 9.24. The highest BCUT2D eigenvalue weighted by atomic mass is 19.3. The Balaban J connectivity index is 2.76. The Bertz CT molecular complexity index is 513. The van der Waals surface area contributed by atoms with Crippen molar-refractivity contribution in [3.8, 4) is 5.75 Å². The molecule has 0 heterocycles. The first-order valence-corrected chi connectivity index (χ1v) is 7.22. The van der Waals surface area contributed by atoms with Crippen LogP contribution in [-0.4, -0.2) is 36.8 Å². The average molecular weight is 334 g/mol. The number of rotatable bonds is 8. The second-order valence-electron chi connectivity index (χ2n) is 5.30. The van der Waals surface area contributed by atoms with Gasteiger partial charge in [-0.1, -0.05) is 13.8 Å². The lowest BCUT2D eigenvalue weighted by molar-refractivity contribution is 0.0821. The van der Waals surface area contributed by atoms with Crippen molar-refractivity contribution in [2.24, 2.45) is 5.92 Å². The van der Waals surface area contributed by atoms with Crippen LogP contribution < -0.4 is 15.4 Å². The quantitative estimate of drug-likeness (QED) is 0.684. The van der Waals surface area contributed by atoms with E-state index in [2.05, 4.69) is 10.6 Å². The summed E-state index contributed by atoms with van der Waals surface area (Å²) in [7, 11) is 0. The molecule has 130 valence electrons. The number of aliphatic hydroxyl groups is 1. The van der Waals surface area contributed by atoms with Gasteiger partial charge in [-0.15, -0.1) is 0 Å². The molecule has 0 aliphatic heterocycles. The van der Waals surface area contributed by atoms with Crippen LogP contribution in [0.3, 0.4) is 0 Å². The molecule has 5 nitrogen and oxygen atoms in total. The summed E-state index contributed by atoms with van der Waals surface area (Å²) in [5, 5.41) is 14.1. The first-order chi connectivity index (χ1) is 10.8. The van der Waals surface area contributed by atoms with Gasteiger partial charge in [0.25, 0.3) is 6.43 Å². The van der Waals surface area contributed by atoms with E-state index in [0.29, 0.717) is 6.42 Å². The summed E-state index contributed by atoms with van der Waals surface area (Å²) < 4.78 is 42.4. The predicted octanol–water partition coefficient (Wildman–Crippen LogP) is 3.00. The Morgan fingerprint density at radius 1 is 1.35 bits per heavy atom. The fraction of sp³-hybridized carbons (Fsp3) is 0.533.